The number of hydrogen-bond acceptors (Lipinski definition) is 7. The lowest BCUT2D eigenvalue weighted by Gasteiger charge is -2.44. The van der Waals surface area contributed by atoms with Gasteiger partial charge in [-0.2, -0.15) is 5.26 Å². The number of nitriles is 1. The highest BCUT2D eigenvalue weighted by Crippen LogP contribution is 2.58. The van der Waals surface area contributed by atoms with Crippen LogP contribution in [0, 0.1) is 17.2 Å². The smallest absolute Gasteiger partial charge is 0.340 e. The first-order chi connectivity index (χ1) is 24.5. The number of halogens is 1. The van der Waals surface area contributed by atoms with Crippen LogP contribution in [0.5, 0.6) is 0 Å². The van der Waals surface area contributed by atoms with Crippen LogP contribution in [0.15, 0.2) is 54.6 Å². The van der Waals surface area contributed by atoms with Gasteiger partial charge in [0.25, 0.3) is 5.91 Å². The molecular formula is C37H41FN5O6PS. The van der Waals surface area contributed by atoms with Crippen molar-refractivity contribution < 1.29 is 33.1 Å². The van der Waals surface area contributed by atoms with Crippen LogP contribution in [0.3, 0.4) is 0 Å². The van der Waals surface area contributed by atoms with E-state index in [9.17, 15) is 38.4 Å². The number of nitrogens with zero attached hydrogens (tertiary/aromatic N) is 4. The van der Waals surface area contributed by atoms with Crippen LogP contribution in [0.25, 0.3) is 10.1 Å². The molecule has 268 valence electrons. The molecule has 0 bridgehead atoms. The number of fused-ring (bicyclic) bond motifs is 2. The van der Waals surface area contributed by atoms with E-state index >= 15 is 0 Å². The largest absolute Gasteiger partial charge is 0.363 e. The summed E-state index contributed by atoms with van der Waals surface area (Å²) in [4.78, 5) is 68.0. The van der Waals surface area contributed by atoms with Gasteiger partial charge in [0.2, 0.25) is 17.7 Å². The number of alkyl halides is 1. The van der Waals surface area contributed by atoms with Crippen LogP contribution in [-0.2, 0) is 14.2 Å². The molecule has 3 N–H and O–H groups in total. The van der Waals surface area contributed by atoms with Gasteiger partial charge in [0.1, 0.15) is 12.1 Å². The molecule has 0 unspecified atom stereocenters. The number of carbonyl (C=O) groups excluding carboxylic acids is 3. The van der Waals surface area contributed by atoms with Crippen molar-refractivity contribution in [1.29, 1.82) is 5.26 Å². The average Bonchev–Trinajstić information content (AvgIpc) is 3.43. The lowest BCUT2D eigenvalue weighted by atomic mass is 9.85. The molecule has 1 aromatic heterocycles. The van der Waals surface area contributed by atoms with Crippen LogP contribution >= 0.6 is 18.9 Å². The quantitative estimate of drug-likeness (QED) is 0.285. The lowest BCUT2D eigenvalue weighted by Crippen LogP contribution is -2.60. The van der Waals surface area contributed by atoms with E-state index in [1.807, 2.05) is 35.2 Å². The first-order valence-corrected chi connectivity index (χ1v) is 20.3. The number of likely N-dealkylation sites (tertiary alicyclic amines) is 2. The van der Waals surface area contributed by atoms with Crippen LogP contribution in [-0.4, -0.2) is 91.5 Å². The van der Waals surface area contributed by atoms with E-state index in [-0.39, 0.29) is 46.2 Å². The molecule has 1 saturated carbocycles. The monoisotopic (exact) mass is 733 g/mol. The summed E-state index contributed by atoms with van der Waals surface area (Å²) in [5.41, 5.74) is 0.352. The molecule has 14 heteroatoms. The SMILES string of the molecule is N#C[C@H]1[C@H](c2ccccc2)CN(C(=O)[C@@H]2CC[C@@H]3C[C@@H](N4CCC4)CC[C@H](NC(=O)c4cc5cc([C@H](F)P(=O)(O)O)ccc5s4)C(=O)N32)C12CC2. The number of hydrogen-bond donors (Lipinski definition) is 3. The van der Waals surface area contributed by atoms with Crippen LogP contribution in [0.2, 0.25) is 0 Å². The first kappa shape index (κ1) is 34.4. The summed E-state index contributed by atoms with van der Waals surface area (Å²) in [5, 5.41) is 13.8. The summed E-state index contributed by atoms with van der Waals surface area (Å²) in [6, 6.07) is 16.7. The van der Waals surface area contributed by atoms with Gasteiger partial charge in [-0.15, -0.1) is 11.3 Å². The standard InChI is InChI=1S/C37H41FN5O6PS/c38-33(50(47,48)49)23-7-12-31-24(17-23)18-32(51-31)34(44)40-29-10-8-25(41-15-4-16-41)19-26-9-11-30(43(26)35(29)45)36(46)42-21-27(22-5-2-1-3-6-22)28(20-39)37(42)13-14-37/h1-3,5-7,12,17-18,25-30,33H,4,8-11,13-16,19,21H2,(H,40,44)(H2,47,48,49)/t25-,26+,27-,28-,29-,30-,33+/m0/s1. The number of benzene rings is 2. The Labute approximate surface area is 299 Å². The molecule has 5 aliphatic rings. The maximum absolute atomic E-state index is 14.7. The molecule has 0 radical (unpaired) electrons. The van der Waals surface area contributed by atoms with E-state index in [4.69, 9.17) is 0 Å². The Morgan fingerprint density at radius 3 is 2.45 bits per heavy atom. The van der Waals surface area contributed by atoms with Gasteiger partial charge >= 0.3 is 7.60 Å². The molecule has 51 heavy (non-hydrogen) atoms. The Balaban J connectivity index is 1.06. The third-order valence-corrected chi connectivity index (χ3v) is 14.0. The summed E-state index contributed by atoms with van der Waals surface area (Å²) in [5.74, 6) is -3.73. The van der Waals surface area contributed by atoms with Crippen LogP contribution in [0.4, 0.5) is 4.39 Å². The first-order valence-electron chi connectivity index (χ1n) is 17.8. The van der Waals surface area contributed by atoms with Gasteiger partial charge in [-0.1, -0.05) is 36.4 Å². The Hall–Kier alpha value is -3.66. The Morgan fingerprint density at radius 2 is 1.78 bits per heavy atom. The van der Waals surface area contributed by atoms with Crippen molar-refractivity contribution >= 4 is 46.7 Å². The van der Waals surface area contributed by atoms with Crippen molar-refractivity contribution in [2.24, 2.45) is 5.92 Å². The van der Waals surface area contributed by atoms with Gasteiger partial charge < -0.3 is 29.8 Å². The maximum Gasteiger partial charge on any atom is 0.363 e. The van der Waals surface area contributed by atoms with Crippen molar-refractivity contribution in [3.8, 4) is 6.07 Å². The Bertz CT molecular complexity index is 1960. The van der Waals surface area contributed by atoms with Crippen molar-refractivity contribution in [1.82, 2.24) is 20.0 Å². The van der Waals surface area contributed by atoms with Gasteiger partial charge in [0.05, 0.1) is 22.4 Å². The van der Waals surface area contributed by atoms with E-state index in [1.165, 1.54) is 18.2 Å². The van der Waals surface area contributed by atoms with Crippen molar-refractivity contribution in [2.45, 2.75) is 92.9 Å². The maximum atomic E-state index is 14.7. The summed E-state index contributed by atoms with van der Waals surface area (Å²) in [6.45, 7) is 2.41. The zero-order chi connectivity index (χ0) is 35.7. The summed E-state index contributed by atoms with van der Waals surface area (Å²) >= 11 is 1.15. The second-order valence-corrected chi connectivity index (χ2v) is 17.6. The van der Waals surface area contributed by atoms with Crippen molar-refractivity contribution in [2.75, 3.05) is 19.6 Å². The van der Waals surface area contributed by atoms with E-state index < -0.39 is 37.0 Å². The average molecular weight is 734 g/mol. The summed E-state index contributed by atoms with van der Waals surface area (Å²) in [6.07, 6.45) is 5.80. The van der Waals surface area contributed by atoms with E-state index in [1.54, 1.807) is 11.0 Å². The number of amides is 3. The molecule has 5 heterocycles. The Morgan fingerprint density at radius 1 is 1.04 bits per heavy atom. The third kappa shape index (κ3) is 6.09. The van der Waals surface area contributed by atoms with E-state index in [0.29, 0.717) is 35.9 Å². The Kier molecular flexibility index (Phi) is 8.83. The normalized spacial score (nSPS) is 29.6. The minimum atomic E-state index is -5.00. The molecule has 8 rings (SSSR count). The second kappa shape index (κ2) is 13.1. The second-order valence-electron chi connectivity index (χ2n) is 14.9. The molecule has 5 fully saturated rings. The zero-order valence-electron chi connectivity index (χ0n) is 28.1. The van der Waals surface area contributed by atoms with Crippen LogP contribution in [0.1, 0.15) is 84.0 Å². The molecule has 7 atom stereocenters. The number of nitrogens with one attached hydrogen (secondary N) is 1. The van der Waals surface area contributed by atoms with Gasteiger partial charge in [0, 0.05) is 29.2 Å². The fourth-order valence-corrected chi connectivity index (χ4v) is 10.6. The molecule has 1 spiro atoms. The fourth-order valence-electron chi connectivity index (χ4n) is 9.13. The molecule has 3 amide bonds. The van der Waals surface area contributed by atoms with E-state index in [2.05, 4.69) is 16.3 Å². The fraction of sp³-hybridized carbons (Fsp3) is 0.514. The minimum Gasteiger partial charge on any atom is -0.340 e. The zero-order valence-corrected chi connectivity index (χ0v) is 29.8. The van der Waals surface area contributed by atoms with Crippen molar-refractivity contribution in [3.63, 3.8) is 0 Å². The molecule has 2 aromatic carbocycles. The number of carbonyl (C=O) groups is 3. The van der Waals surface area contributed by atoms with E-state index in [0.717, 1.165) is 62.1 Å². The van der Waals surface area contributed by atoms with Gasteiger partial charge in [-0.3, -0.25) is 18.9 Å². The van der Waals surface area contributed by atoms with Crippen molar-refractivity contribution in [3.05, 3.63) is 70.6 Å². The topological polar surface area (TPSA) is 154 Å². The van der Waals surface area contributed by atoms with Gasteiger partial charge in [0.15, 0.2) is 0 Å². The molecule has 4 aliphatic heterocycles. The molecule has 3 aromatic rings. The number of thiophene rings is 1. The molecule has 4 saturated heterocycles. The minimum absolute atomic E-state index is 0.101. The molecule has 1 aliphatic carbocycles. The summed E-state index contributed by atoms with van der Waals surface area (Å²) in [7, 11) is -5.00. The lowest BCUT2D eigenvalue weighted by molar-refractivity contribution is -0.148. The molecular weight excluding hydrogens is 692 g/mol. The highest BCUT2D eigenvalue weighted by Gasteiger charge is 2.64. The highest BCUT2D eigenvalue weighted by atomic mass is 32.1. The highest BCUT2D eigenvalue weighted by molar-refractivity contribution is 7.51. The third-order valence-electron chi connectivity index (χ3n) is 12.0. The predicted molar refractivity (Wildman–Crippen MR) is 188 cm³/mol. The summed E-state index contributed by atoms with van der Waals surface area (Å²) < 4.78 is 26.6. The number of rotatable bonds is 7. The van der Waals surface area contributed by atoms with Gasteiger partial charge in [-0.05, 0) is 99.2 Å². The van der Waals surface area contributed by atoms with Crippen LogP contribution < -0.4 is 5.32 Å². The van der Waals surface area contributed by atoms with Gasteiger partial charge in [-0.25, -0.2) is 4.39 Å². The predicted octanol–water partition coefficient (Wildman–Crippen LogP) is 5.06. The molecule has 11 nitrogen and oxygen atoms in total.